The smallest absolute Gasteiger partial charge is 0.257 e. The van der Waals surface area contributed by atoms with Crippen LogP contribution in [0.4, 0.5) is 17.1 Å². The first-order chi connectivity index (χ1) is 17.5. The van der Waals surface area contributed by atoms with Crippen molar-refractivity contribution in [2.45, 2.75) is 20.8 Å². The van der Waals surface area contributed by atoms with Crippen LogP contribution < -0.4 is 34.9 Å². The number of benzene rings is 3. The van der Waals surface area contributed by atoms with E-state index in [0.29, 0.717) is 42.6 Å². The van der Waals surface area contributed by atoms with Crippen LogP contribution in [0, 0.1) is 0 Å². The minimum absolute atomic E-state index is 0.167. The van der Waals surface area contributed by atoms with Gasteiger partial charge in [-0.05, 0) is 93.7 Å². The fraction of sp³-hybridized carbons (Fsp3) is 0.259. The molecular formula is C27H31N3O5S. The molecule has 3 aromatic rings. The van der Waals surface area contributed by atoms with Gasteiger partial charge in [-0.25, -0.2) is 0 Å². The summed E-state index contributed by atoms with van der Waals surface area (Å²) < 4.78 is 22.3. The normalized spacial score (nSPS) is 10.2. The average molecular weight is 510 g/mol. The van der Waals surface area contributed by atoms with Crippen molar-refractivity contribution in [2.75, 3.05) is 37.6 Å². The van der Waals surface area contributed by atoms with E-state index in [4.69, 9.17) is 31.2 Å². The van der Waals surface area contributed by atoms with E-state index >= 15 is 0 Å². The number of nitrogens with one attached hydrogen (secondary N) is 3. The van der Waals surface area contributed by atoms with Gasteiger partial charge in [0, 0.05) is 22.6 Å². The summed E-state index contributed by atoms with van der Waals surface area (Å²) in [6.45, 7) is 6.87. The van der Waals surface area contributed by atoms with Crippen LogP contribution in [0.3, 0.4) is 0 Å². The van der Waals surface area contributed by atoms with E-state index in [1.165, 1.54) is 0 Å². The molecule has 0 fully saturated rings. The second-order valence-electron chi connectivity index (χ2n) is 7.44. The highest BCUT2D eigenvalue weighted by atomic mass is 32.1. The van der Waals surface area contributed by atoms with Crippen LogP contribution in [0.2, 0.25) is 0 Å². The van der Waals surface area contributed by atoms with Gasteiger partial charge in [0.05, 0.1) is 26.9 Å². The number of hydrogen-bond donors (Lipinski definition) is 3. The maximum Gasteiger partial charge on any atom is 0.257 e. The van der Waals surface area contributed by atoms with Crippen molar-refractivity contribution in [2.24, 2.45) is 0 Å². The van der Waals surface area contributed by atoms with Gasteiger partial charge < -0.3 is 29.6 Å². The van der Waals surface area contributed by atoms with E-state index in [9.17, 15) is 4.79 Å². The Morgan fingerprint density at radius 1 is 0.778 bits per heavy atom. The third kappa shape index (κ3) is 7.26. The zero-order chi connectivity index (χ0) is 25.9. The molecule has 3 aromatic carbocycles. The summed E-state index contributed by atoms with van der Waals surface area (Å²) >= 11 is 5.35. The molecule has 3 N–H and O–H groups in total. The van der Waals surface area contributed by atoms with Crippen LogP contribution >= 0.6 is 12.2 Å². The minimum atomic E-state index is -0.393. The van der Waals surface area contributed by atoms with Crippen molar-refractivity contribution >= 4 is 40.3 Å². The quantitative estimate of drug-likeness (QED) is 0.281. The monoisotopic (exact) mass is 509 g/mol. The molecule has 190 valence electrons. The zero-order valence-electron chi connectivity index (χ0n) is 20.8. The van der Waals surface area contributed by atoms with Gasteiger partial charge in [0.2, 0.25) is 5.75 Å². The number of methoxy groups -OCH3 is 1. The summed E-state index contributed by atoms with van der Waals surface area (Å²) in [5.41, 5.74) is 2.92. The summed E-state index contributed by atoms with van der Waals surface area (Å²) in [6, 6.07) is 18.4. The van der Waals surface area contributed by atoms with E-state index in [-0.39, 0.29) is 5.11 Å². The molecular weight excluding hydrogens is 478 g/mol. The highest BCUT2D eigenvalue weighted by molar-refractivity contribution is 7.80. The van der Waals surface area contributed by atoms with Crippen molar-refractivity contribution in [3.05, 3.63) is 66.2 Å². The molecule has 0 aromatic heterocycles. The number of carbonyl (C=O) groups is 1. The number of hydrogen-bond acceptors (Lipinski definition) is 7. The summed E-state index contributed by atoms with van der Waals surface area (Å²) in [5.74, 6) is 1.75. The predicted octanol–water partition coefficient (Wildman–Crippen LogP) is 5.76. The molecule has 8 nitrogen and oxygen atoms in total. The van der Waals surface area contributed by atoms with Crippen molar-refractivity contribution in [1.29, 1.82) is 0 Å². The Hall–Kier alpha value is -3.98. The van der Waals surface area contributed by atoms with Gasteiger partial charge in [-0.3, -0.25) is 10.1 Å². The maximum atomic E-state index is 12.9. The van der Waals surface area contributed by atoms with Gasteiger partial charge in [-0.15, -0.1) is 0 Å². The van der Waals surface area contributed by atoms with Gasteiger partial charge in [0.25, 0.3) is 5.91 Å². The number of ether oxygens (including phenoxy) is 4. The Morgan fingerprint density at radius 3 is 1.78 bits per heavy atom. The van der Waals surface area contributed by atoms with Crippen molar-refractivity contribution in [1.82, 2.24) is 5.32 Å². The Labute approximate surface area is 216 Å². The maximum absolute atomic E-state index is 12.9. The van der Waals surface area contributed by atoms with E-state index in [2.05, 4.69) is 16.0 Å². The molecule has 0 aliphatic rings. The molecule has 36 heavy (non-hydrogen) atoms. The van der Waals surface area contributed by atoms with Gasteiger partial charge in [-0.2, -0.15) is 0 Å². The molecule has 3 rings (SSSR count). The van der Waals surface area contributed by atoms with Crippen LogP contribution in [0.25, 0.3) is 0 Å². The van der Waals surface area contributed by atoms with Crippen LogP contribution in [0.15, 0.2) is 60.7 Å². The fourth-order valence-electron chi connectivity index (χ4n) is 3.34. The molecule has 0 saturated heterocycles. The third-order valence-corrected chi connectivity index (χ3v) is 5.12. The molecule has 0 bridgehead atoms. The lowest BCUT2D eigenvalue weighted by molar-refractivity contribution is 0.0976. The van der Waals surface area contributed by atoms with Crippen LogP contribution in [-0.2, 0) is 0 Å². The largest absolute Gasteiger partial charge is 0.497 e. The number of amides is 1. The van der Waals surface area contributed by atoms with Crippen LogP contribution in [0.5, 0.6) is 23.0 Å². The van der Waals surface area contributed by atoms with Crippen molar-refractivity contribution in [3.63, 3.8) is 0 Å². The third-order valence-electron chi connectivity index (χ3n) is 4.92. The van der Waals surface area contributed by atoms with E-state index in [1.54, 1.807) is 19.2 Å². The second-order valence-corrected chi connectivity index (χ2v) is 7.85. The second kappa shape index (κ2) is 13.2. The number of thiocarbonyl (C=S) groups is 1. The lowest BCUT2D eigenvalue weighted by Gasteiger charge is -2.17. The van der Waals surface area contributed by atoms with Crippen LogP contribution in [-0.4, -0.2) is 38.0 Å². The standard InChI is InChI=1S/C27H31N3O5S/c1-5-33-23-16-18(17-24(34-6-2)25(23)35-7-3)26(31)30-27(36)29-21-10-8-19(9-11-21)28-20-12-14-22(32-4)15-13-20/h8-17,28H,5-7H2,1-4H3,(H2,29,30,31,36). The molecule has 0 unspecified atom stereocenters. The molecule has 9 heteroatoms. The average Bonchev–Trinajstić information content (AvgIpc) is 2.87. The molecule has 0 radical (unpaired) electrons. The van der Waals surface area contributed by atoms with Gasteiger partial charge in [0.15, 0.2) is 16.6 Å². The molecule has 0 aliphatic carbocycles. The van der Waals surface area contributed by atoms with Crippen molar-refractivity contribution < 1.29 is 23.7 Å². The van der Waals surface area contributed by atoms with Crippen molar-refractivity contribution in [3.8, 4) is 23.0 Å². The zero-order valence-corrected chi connectivity index (χ0v) is 21.7. The first-order valence-electron chi connectivity index (χ1n) is 11.7. The molecule has 0 spiro atoms. The number of rotatable bonds is 11. The van der Waals surface area contributed by atoms with Gasteiger partial charge >= 0.3 is 0 Å². The summed E-state index contributed by atoms with van der Waals surface area (Å²) in [5, 5.41) is 9.21. The lowest BCUT2D eigenvalue weighted by Crippen LogP contribution is -2.34. The number of carbonyl (C=O) groups excluding carboxylic acids is 1. The van der Waals surface area contributed by atoms with E-state index in [0.717, 1.165) is 22.8 Å². The Kier molecular flexibility index (Phi) is 9.76. The molecule has 0 aliphatic heterocycles. The van der Waals surface area contributed by atoms with E-state index in [1.807, 2.05) is 69.3 Å². The van der Waals surface area contributed by atoms with Crippen LogP contribution in [0.1, 0.15) is 31.1 Å². The molecule has 0 atom stereocenters. The van der Waals surface area contributed by atoms with Gasteiger partial charge in [0.1, 0.15) is 5.75 Å². The summed E-state index contributed by atoms with van der Waals surface area (Å²) in [6.07, 6.45) is 0. The summed E-state index contributed by atoms with van der Waals surface area (Å²) in [4.78, 5) is 12.9. The Balaban J connectivity index is 1.65. The molecule has 1 amide bonds. The first-order valence-corrected chi connectivity index (χ1v) is 12.1. The van der Waals surface area contributed by atoms with E-state index < -0.39 is 5.91 Å². The predicted molar refractivity (Wildman–Crippen MR) is 146 cm³/mol. The molecule has 0 saturated carbocycles. The Morgan fingerprint density at radius 2 is 1.28 bits per heavy atom. The highest BCUT2D eigenvalue weighted by Crippen LogP contribution is 2.39. The molecule has 0 heterocycles. The number of anilines is 3. The SMILES string of the molecule is CCOc1cc(C(=O)NC(=S)Nc2ccc(Nc3ccc(OC)cc3)cc2)cc(OCC)c1OCC. The van der Waals surface area contributed by atoms with Gasteiger partial charge in [-0.1, -0.05) is 0 Å². The fourth-order valence-corrected chi connectivity index (χ4v) is 3.55. The Bertz CT molecular complexity index is 1140. The first kappa shape index (κ1) is 26.6. The lowest BCUT2D eigenvalue weighted by atomic mass is 10.1. The highest BCUT2D eigenvalue weighted by Gasteiger charge is 2.19. The topological polar surface area (TPSA) is 90.1 Å². The summed E-state index contributed by atoms with van der Waals surface area (Å²) in [7, 11) is 1.63. The minimum Gasteiger partial charge on any atom is -0.497 e.